The van der Waals surface area contributed by atoms with Gasteiger partial charge < -0.3 is 14.3 Å². The monoisotopic (exact) mass is 344 g/mol. The van der Waals surface area contributed by atoms with Gasteiger partial charge in [0.05, 0.1) is 18.8 Å². The van der Waals surface area contributed by atoms with E-state index in [4.69, 9.17) is 8.94 Å². The molecular weight excluding hydrogens is 320 g/mol. The van der Waals surface area contributed by atoms with Gasteiger partial charge in [-0.3, -0.25) is 9.69 Å². The van der Waals surface area contributed by atoms with Gasteiger partial charge in [-0.25, -0.2) is 0 Å². The maximum absolute atomic E-state index is 12.3. The number of aromatic nitrogens is 2. The lowest BCUT2D eigenvalue weighted by molar-refractivity contribution is -0.126. The van der Waals surface area contributed by atoms with Crippen LogP contribution in [0, 0.1) is 5.92 Å². The van der Waals surface area contributed by atoms with Crippen molar-refractivity contribution < 1.29 is 13.7 Å². The molecule has 134 valence electrons. The van der Waals surface area contributed by atoms with Crippen molar-refractivity contribution in [1.82, 2.24) is 20.4 Å². The van der Waals surface area contributed by atoms with E-state index in [9.17, 15) is 4.79 Å². The third-order valence-corrected chi connectivity index (χ3v) is 5.22. The summed E-state index contributed by atoms with van der Waals surface area (Å²) in [5.74, 6) is 3.01. The molecule has 0 unspecified atom stereocenters. The number of carbonyl (C=O) groups excluding carboxylic acids is 1. The molecule has 1 amide bonds. The summed E-state index contributed by atoms with van der Waals surface area (Å²) in [5.41, 5.74) is 0. The lowest BCUT2D eigenvalue weighted by Crippen LogP contribution is -2.41. The Labute approximate surface area is 146 Å². The molecule has 1 saturated carbocycles. The van der Waals surface area contributed by atoms with Crippen molar-refractivity contribution in [3.05, 3.63) is 35.9 Å². The molecule has 0 radical (unpaired) electrons. The first-order chi connectivity index (χ1) is 12.2. The van der Waals surface area contributed by atoms with Crippen molar-refractivity contribution in [1.29, 1.82) is 0 Å². The van der Waals surface area contributed by atoms with Gasteiger partial charge >= 0.3 is 0 Å². The average Bonchev–Trinajstić information content (AvgIpc) is 3.15. The molecule has 0 spiro atoms. The van der Waals surface area contributed by atoms with Crippen LogP contribution < -0.4 is 5.32 Å². The molecule has 0 bridgehead atoms. The van der Waals surface area contributed by atoms with Crippen LogP contribution in [0.3, 0.4) is 0 Å². The molecule has 2 aliphatic rings. The molecular formula is C18H24N4O3. The van der Waals surface area contributed by atoms with Crippen molar-refractivity contribution in [3.63, 3.8) is 0 Å². The van der Waals surface area contributed by atoms with Crippen LogP contribution in [-0.2, 0) is 11.3 Å². The molecule has 1 aliphatic heterocycles. The number of hydrogen-bond donors (Lipinski definition) is 1. The van der Waals surface area contributed by atoms with Crippen LogP contribution in [0.4, 0.5) is 0 Å². The van der Waals surface area contributed by atoms with E-state index in [1.807, 2.05) is 12.1 Å². The normalized spacial score (nSPS) is 20.5. The van der Waals surface area contributed by atoms with Gasteiger partial charge in [-0.1, -0.05) is 5.16 Å². The first-order valence-electron chi connectivity index (χ1n) is 9.08. The lowest BCUT2D eigenvalue weighted by Gasteiger charge is -2.33. The van der Waals surface area contributed by atoms with E-state index in [1.165, 1.54) is 12.8 Å². The fourth-order valence-corrected chi connectivity index (χ4v) is 3.36. The minimum atomic E-state index is 0.0584. The lowest BCUT2D eigenvalue weighted by atomic mass is 9.95. The number of likely N-dealkylation sites (tertiary alicyclic amines) is 1. The summed E-state index contributed by atoms with van der Waals surface area (Å²) in [6.07, 6.45) is 5.65. The van der Waals surface area contributed by atoms with E-state index >= 15 is 0 Å². The maximum atomic E-state index is 12.3. The van der Waals surface area contributed by atoms with Gasteiger partial charge in [0.15, 0.2) is 5.82 Å². The molecule has 1 aliphatic carbocycles. The Hall–Kier alpha value is -2.15. The number of nitrogens with zero attached hydrogens (tertiary/aromatic N) is 3. The Kier molecular flexibility index (Phi) is 4.57. The van der Waals surface area contributed by atoms with Gasteiger partial charge in [0, 0.05) is 11.8 Å². The van der Waals surface area contributed by atoms with Crippen LogP contribution in [0.1, 0.15) is 62.0 Å². The van der Waals surface area contributed by atoms with E-state index in [0.717, 1.165) is 37.5 Å². The first kappa shape index (κ1) is 16.3. The Morgan fingerprint density at radius 3 is 2.84 bits per heavy atom. The van der Waals surface area contributed by atoms with Gasteiger partial charge in [-0.15, -0.1) is 0 Å². The predicted molar refractivity (Wildman–Crippen MR) is 89.5 cm³/mol. The van der Waals surface area contributed by atoms with Crippen molar-refractivity contribution in [2.45, 2.75) is 51.1 Å². The number of amides is 1. The largest absolute Gasteiger partial charge is 0.467 e. The van der Waals surface area contributed by atoms with E-state index in [1.54, 1.807) is 6.26 Å². The standard InChI is InChI=1S/C18H24N4O3/c1-12(18-20-16(21-25-18)13-4-5-13)22-8-6-14(7-9-22)17(23)19-11-15-3-2-10-24-15/h2-3,10,12-14H,4-9,11H2,1H3,(H,19,23)/t12-/m1/s1. The third kappa shape index (κ3) is 3.76. The number of furan rings is 1. The summed E-state index contributed by atoms with van der Waals surface area (Å²) in [7, 11) is 0. The van der Waals surface area contributed by atoms with Crippen molar-refractivity contribution in [2.24, 2.45) is 5.92 Å². The van der Waals surface area contributed by atoms with E-state index < -0.39 is 0 Å². The fraction of sp³-hybridized carbons (Fsp3) is 0.611. The molecule has 2 aromatic heterocycles. The summed E-state index contributed by atoms with van der Waals surface area (Å²) >= 11 is 0. The van der Waals surface area contributed by atoms with Crippen LogP contribution >= 0.6 is 0 Å². The zero-order valence-electron chi connectivity index (χ0n) is 14.5. The number of carbonyl (C=O) groups is 1. The number of nitrogens with one attached hydrogen (secondary N) is 1. The van der Waals surface area contributed by atoms with E-state index in [2.05, 4.69) is 27.3 Å². The predicted octanol–water partition coefficient (Wildman–Crippen LogP) is 2.63. The van der Waals surface area contributed by atoms with Gasteiger partial charge in [-0.05, 0) is 57.8 Å². The summed E-state index contributed by atoms with van der Waals surface area (Å²) in [6, 6.07) is 3.80. The Morgan fingerprint density at radius 1 is 1.36 bits per heavy atom. The molecule has 1 saturated heterocycles. The highest BCUT2D eigenvalue weighted by molar-refractivity contribution is 5.78. The molecule has 7 nitrogen and oxygen atoms in total. The molecule has 2 fully saturated rings. The molecule has 7 heteroatoms. The smallest absolute Gasteiger partial charge is 0.243 e. The van der Waals surface area contributed by atoms with Crippen LogP contribution in [0.15, 0.2) is 27.3 Å². The molecule has 1 atom stereocenters. The topological polar surface area (TPSA) is 84.4 Å². The van der Waals surface area contributed by atoms with Crippen LogP contribution in [0.25, 0.3) is 0 Å². The summed E-state index contributed by atoms with van der Waals surface area (Å²) in [5, 5.41) is 7.06. The highest BCUT2D eigenvalue weighted by atomic mass is 16.5. The van der Waals surface area contributed by atoms with Crippen molar-refractivity contribution >= 4 is 5.91 Å². The average molecular weight is 344 g/mol. The number of rotatable bonds is 6. The molecule has 4 rings (SSSR count). The van der Waals surface area contributed by atoms with Gasteiger partial charge in [0.25, 0.3) is 0 Å². The van der Waals surface area contributed by atoms with E-state index in [-0.39, 0.29) is 17.9 Å². The Morgan fingerprint density at radius 2 is 2.16 bits per heavy atom. The van der Waals surface area contributed by atoms with Gasteiger partial charge in [0.1, 0.15) is 5.76 Å². The second-order valence-electron chi connectivity index (χ2n) is 7.05. The minimum absolute atomic E-state index is 0.0584. The quantitative estimate of drug-likeness (QED) is 0.867. The van der Waals surface area contributed by atoms with Crippen LogP contribution in [0.2, 0.25) is 0 Å². The van der Waals surface area contributed by atoms with Crippen molar-refractivity contribution in [3.8, 4) is 0 Å². The Bertz CT molecular complexity index is 700. The SMILES string of the molecule is C[C@H](c1nc(C2CC2)no1)N1CCC(C(=O)NCc2ccco2)CC1. The molecule has 0 aromatic carbocycles. The second kappa shape index (κ2) is 7.00. The summed E-state index contributed by atoms with van der Waals surface area (Å²) < 4.78 is 10.7. The maximum Gasteiger partial charge on any atom is 0.243 e. The fourth-order valence-electron chi connectivity index (χ4n) is 3.36. The van der Waals surface area contributed by atoms with Crippen molar-refractivity contribution in [2.75, 3.05) is 13.1 Å². The second-order valence-corrected chi connectivity index (χ2v) is 7.05. The molecule has 2 aromatic rings. The molecule has 25 heavy (non-hydrogen) atoms. The van der Waals surface area contributed by atoms with Gasteiger partial charge in [-0.2, -0.15) is 4.98 Å². The zero-order chi connectivity index (χ0) is 17.2. The number of hydrogen-bond acceptors (Lipinski definition) is 6. The first-order valence-corrected chi connectivity index (χ1v) is 9.08. The minimum Gasteiger partial charge on any atom is -0.467 e. The summed E-state index contributed by atoms with van der Waals surface area (Å²) in [6.45, 7) is 4.28. The van der Waals surface area contributed by atoms with Gasteiger partial charge in [0.2, 0.25) is 11.8 Å². The molecule has 1 N–H and O–H groups in total. The zero-order valence-corrected chi connectivity index (χ0v) is 14.5. The van der Waals surface area contributed by atoms with Crippen LogP contribution in [0.5, 0.6) is 0 Å². The molecule has 3 heterocycles. The highest BCUT2D eigenvalue weighted by Crippen LogP contribution is 2.38. The van der Waals surface area contributed by atoms with Crippen LogP contribution in [-0.4, -0.2) is 34.0 Å². The van der Waals surface area contributed by atoms with E-state index in [0.29, 0.717) is 18.4 Å². The summed E-state index contributed by atoms with van der Waals surface area (Å²) in [4.78, 5) is 19.2. The third-order valence-electron chi connectivity index (χ3n) is 5.22. The highest BCUT2D eigenvalue weighted by Gasteiger charge is 2.32. The Balaban J connectivity index is 1.26. The number of piperidine rings is 1.